The molecule has 3 aromatic rings. The third kappa shape index (κ3) is 5.15. The molecule has 0 aliphatic carbocycles. The first-order valence-corrected chi connectivity index (χ1v) is 10.1. The molecule has 0 saturated heterocycles. The highest BCUT2D eigenvalue weighted by Crippen LogP contribution is 2.20. The van der Waals surface area contributed by atoms with Crippen LogP contribution in [0, 0.1) is 6.92 Å². The second-order valence-electron chi connectivity index (χ2n) is 5.79. The molecule has 144 valence electrons. The highest BCUT2D eigenvalue weighted by Gasteiger charge is 2.16. The van der Waals surface area contributed by atoms with Gasteiger partial charge in [0.25, 0.3) is 0 Å². The van der Waals surface area contributed by atoms with Crippen LogP contribution in [0.5, 0.6) is 0 Å². The summed E-state index contributed by atoms with van der Waals surface area (Å²) >= 11 is 2.68. The molecule has 0 unspecified atom stereocenters. The van der Waals surface area contributed by atoms with Crippen molar-refractivity contribution in [3.8, 4) is 0 Å². The fourth-order valence-electron chi connectivity index (χ4n) is 2.44. The Morgan fingerprint density at radius 1 is 1.33 bits per heavy atom. The smallest absolute Gasteiger partial charge is 0.236 e. The van der Waals surface area contributed by atoms with Crippen LogP contribution in [0.25, 0.3) is 0 Å². The first-order chi connectivity index (χ1) is 13.1. The van der Waals surface area contributed by atoms with Gasteiger partial charge in [0.2, 0.25) is 11.0 Å². The van der Waals surface area contributed by atoms with Crippen LogP contribution in [-0.2, 0) is 29.5 Å². The molecule has 0 aromatic carbocycles. The van der Waals surface area contributed by atoms with Crippen molar-refractivity contribution in [2.45, 2.75) is 25.0 Å². The van der Waals surface area contributed by atoms with Crippen molar-refractivity contribution < 1.29 is 9.53 Å². The number of carbonyl (C=O) groups excluding carboxylic acids is 1. The lowest BCUT2D eigenvalue weighted by Crippen LogP contribution is -2.15. The van der Waals surface area contributed by atoms with E-state index in [1.165, 1.54) is 23.1 Å². The number of methoxy groups -OCH3 is 1. The third-order valence-electron chi connectivity index (χ3n) is 3.81. The SMILES string of the molecule is COCCn1c(Cc2cccn2C)nnc1SCC(=O)Nc1nnc(C)s1. The van der Waals surface area contributed by atoms with Gasteiger partial charge in [-0.3, -0.25) is 10.1 Å². The molecule has 3 heterocycles. The van der Waals surface area contributed by atoms with Gasteiger partial charge < -0.3 is 13.9 Å². The minimum absolute atomic E-state index is 0.151. The van der Waals surface area contributed by atoms with Crippen LogP contribution in [0.1, 0.15) is 16.5 Å². The maximum absolute atomic E-state index is 12.1. The van der Waals surface area contributed by atoms with Crippen molar-refractivity contribution >= 4 is 34.1 Å². The van der Waals surface area contributed by atoms with Crippen LogP contribution in [0.3, 0.4) is 0 Å². The molecule has 9 nitrogen and oxygen atoms in total. The molecule has 1 amide bonds. The van der Waals surface area contributed by atoms with E-state index in [1.54, 1.807) is 7.11 Å². The molecule has 1 N–H and O–H groups in total. The molecule has 27 heavy (non-hydrogen) atoms. The number of amides is 1. The van der Waals surface area contributed by atoms with Crippen molar-refractivity contribution in [1.82, 2.24) is 29.5 Å². The lowest BCUT2D eigenvalue weighted by atomic mass is 10.3. The fourth-order valence-corrected chi connectivity index (χ4v) is 3.83. The Morgan fingerprint density at radius 2 is 2.19 bits per heavy atom. The largest absolute Gasteiger partial charge is 0.383 e. The summed E-state index contributed by atoms with van der Waals surface area (Å²) in [5.41, 5.74) is 1.14. The van der Waals surface area contributed by atoms with Crippen LogP contribution in [0.2, 0.25) is 0 Å². The summed E-state index contributed by atoms with van der Waals surface area (Å²) < 4.78 is 9.27. The standard InChI is InChI=1S/C16H21N7O2S2/c1-11-18-20-15(27-11)17-14(24)10-26-16-21-19-13(23(16)7-8-25-3)9-12-5-4-6-22(12)2/h4-6H,7-10H2,1-3H3,(H,17,20,24). The Bertz CT molecular complexity index is 902. The van der Waals surface area contributed by atoms with Gasteiger partial charge in [0.15, 0.2) is 5.16 Å². The lowest BCUT2D eigenvalue weighted by Gasteiger charge is -2.10. The number of anilines is 1. The predicted octanol–water partition coefficient (Wildman–Crippen LogP) is 1.74. The number of ether oxygens (including phenoxy) is 1. The molecule has 0 atom stereocenters. The Kier molecular flexibility index (Phi) is 6.58. The number of aromatic nitrogens is 6. The predicted molar refractivity (Wildman–Crippen MR) is 104 cm³/mol. The Labute approximate surface area is 165 Å². The third-order valence-corrected chi connectivity index (χ3v) is 5.53. The van der Waals surface area contributed by atoms with E-state index in [1.807, 2.05) is 30.8 Å². The number of aryl methyl sites for hydroxylation is 2. The van der Waals surface area contributed by atoms with E-state index in [0.29, 0.717) is 29.9 Å². The van der Waals surface area contributed by atoms with E-state index in [-0.39, 0.29) is 11.7 Å². The maximum Gasteiger partial charge on any atom is 0.236 e. The summed E-state index contributed by atoms with van der Waals surface area (Å²) in [5, 5.41) is 21.1. The van der Waals surface area contributed by atoms with Gasteiger partial charge in [-0.1, -0.05) is 23.1 Å². The maximum atomic E-state index is 12.1. The zero-order valence-corrected chi connectivity index (χ0v) is 17.0. The minimum Gasteiger partial charge on any atom is -0.383 e. The molecule has 11 heteroatoms. The number of hydrogen-bond acceptors (Lipinski definition) is 8. The summed E-state index contributed by atoms with van der Waals surface area (Å²) in [4.78, 5) is 12.1. The fraction of sp³-hybridized carbons (Fsp3) is 0.438. The summed E-state index contributed by atoms with van der Waals surface area (Å²) in [6, 6.07) is 4.06. The molecule has 0 fully saturated rings. The zero-order valence-electron chi connectivity index (χ0n) is 15.4. The summed E-state index contributed by atoms with van der Waals surface area (Å²) in [6.07, 6.45) is 2.66. The molecule has 0 aliphatic heterocycles. The number of nitrogens with zero attached hydrogens (tertiary/aromatic N) is 6. The number of nitrogens with one attached hydrogen (secondary N) is 1. The van der Waals surface area contributed by atoms with Gasteiger partial charge in [-0.25, -0.2) is 0 Å². The average molecular weight is 408 g/mol. The van der Waals surface area contributed by atoms with Crippen LogP contribution in [-0.4, -0.2) is 54.9 Å². The van der Waals surface area contributed by atoms with Gasteiger partial charge >= 0.3 is 0 Å². The van der Waals surface area contributed by atoms with Crippen molar-refractivity contribution in [1.29, 1.82) is 0 Å². The second-order valence-corrected chi connectivity index (χ2v) is 7.92. The molecule has 0 spiro atoms. The van der Waals surface area contributed by atoms with Gasteiger partial charge in [0.1, 0.15) is 10.8 Å². The van der Waals surface area contributed by atoms with E-state index >= 15 is 0 Å². The van der Waals surface area contributed by atoms with Crippen LogP contribution in [0.4, 0.5) is 5.13 Å². The minimum atomic E-state index is -0.151. The molecule has 0 aliphatic rings. The van der Waals surface area contributed by atoms with Crippen molar-refractivity contribution in [2.24, 2.45) is 7.05 Å². The van der Waals surface area contributed by atoms with Crippen molar-refractivity contribution in [2.75, 3.05) is 24.8 Å². The van der Waals surface area contributed by atoms with Gasteiger partial charge in [-0.05, 0) is 19.1 Å². The number of carbonyl (C=O) groups is 1. The van der Waals surface area contributed by atoms with Gasteiger partial charge in [0.05, 0.1) is 12.4 Å². The van der Waals surface area contributed by atoms with Crippen molar-refractivity contribution in [3.05, 3.63) is 34.9 Å². The first-order valence-electron chi connectivity index (χ1n) is 8.30. The Hall–Kier alpha value is -2.24. The van der Waals surface area contributed by atoms with Crippen LogP contribution >= 0.6 is 23.1 Å². The summed E-state index contributed by atoms with van der Waals surface area (Å²) in [7, 11) is 3.66. The number of hydrogen-bond donors (Lipinski definition) is 1. The molecule has 3 rings (SSSR count). The Balaban J connectivity index is 1.66. The van der Waals surface area contributed by atoms with E-state index in [9.17, 15) is 4.79 Å². The van der Waals surface area contributed by atoms with Gasteiger partial charge in [-0.15, -0.1) is 20.4 Å². The van der Waals surface area contributed by atoms with E-state index in [2.05, 4.69) is 36.3 Å². The number of rotatable bonds is 9. The van der Waals surface area contributed by atoms with E-state index < -0.39 is 0 Å². The van der Waals surface area contributed by atoms with Gasteiger partial charge in [-0.2, -0.15) is 0 Å². The average Bonchev–Trinajstić information content (AvgIpc) is 3.34. The highest BCUT2D eigenvalue weighted by atomic mass is 32.2. The van der Waals surface area contributed by atoms with Gasteiger partial charge in [0, 0.05) is 39.0 Å². The van der Waals surface area contributed by atoms with E-state index in [0.717, 1.165) is 16.5 Å². The molecule has 0 saturated carbocycles. The van der Waals surface area contributed by atoms with Crippen LogP contribution in [0.15, 0.2) is 23.5 Å². The zero-order chi connectivity index (χ0) is 19.2. The second kappa shape index (κ2) is 9.11. The highest BCUT2D eigenvalue weighted by molar-refractivity contribution is 7.99. The normalized spacial score (nSPS) is 11.1. The van der Waals surface area contributed by atoms with Crippen LogP contribution < -0.4 is 5.32 Å². The summed E-state index contributed by atoms with van der Waals surface area (Å²) in [6.45, 7) is 3.01. The molecule has 0 radical (unpaired) electrons. The molecule has 0 bridgehead atoms. The molecule has 3 aromatic heterocycles. The first kappa shape index (κ1) is 19.5. The van der Waals surface area contributed by atoms with E-state index in [4.69, 9.17) is 4.74 Å². The quantitative estimate of drug-likeness (QED) is 0.539. The molecular weight excluding hydrogens is 386 g/mol. The Morgan fingerprint density at radius 3 is 2.85 bits per heavy atom. The van der Waals surface area contributed by atoms with Crippen molar-refractivity contribution in [3.63, 3.8) is 0 Å². The lowest BCUT2D eigenvalue weighted by molar-refractivity contribution is -0.113. The monoisotopic (exact) mass is 407 g/mol. The molecular formula is C16H21N7O2S2. The number of thioether (sulfide) groups is 1. The topological polar surface area (TPSA) is 99.8 Å². The summed E-state index contributed by atoms with van der Waals surface area (Å²) in [5.74, 6) is 0.909.